The lowest BCUT2D eigenvalue weighted by Crippen LogP contribution is -2.34. The molecule has 3 rings (SSSR count). The third-order valence-corrected chi connectivity index (χ3v) is 3.69. The second-order valence-electron chi connectivity index (χ2n) is 5.16. The van der Waals surface area contributed by atoms with Crippen molar-refractivity contribution in [3.63, 3.8) is 0 Å². The number of hydrogen-bond donors (Lipinski definition) is 1. The summed E-state index contributed by atoms with van der Waals surface area (Å²) in [6.07, 6.45) is 4.34. The van der Waals surface area contributed by atoms with E-state index in [9.17, 15) is 0 Å². The molecule has 0 atom stereocenters. The minimum Gasteiger partial charge on any atom is -0.497 e. The Morgan fingerprint density at radius 3 is 2.83 bits per heavy atom. The Kier molecular flexibility index (Phi) is 2.82. The number of nitrogens with zero attached hydrogens (tertiary/aromatic N) is 1. The third kappa shape index (κ3) is 2.01. The normalized spacial score (nSPS) is 22.6. The van der Waals surface area contributed by atoms with Crippen LogP contribution in [-0.4, -0.2) is 18.1 Å². The molecule has 1 saturated carbocycles. The van der Waals surface area contributed by atoms with Crippen LogP contribution >= 0.6 is 0 Å². The molecule has 0 spiro atoms. The molecular formula is C15H18N2O. The van der Waals surface area contributed by atoms with Crippen molar-refractivity contribution in [3.8, 4) is 5.75 Å². The zero-order valence-electron chi connectivity index (χ0n) is 10.8. The minimum absolute atomic E-state index is 0.584. The lowest BCUT2D eigenvalue weighted by atomic mass is 9.82. The van der Waals surface area contributed by atoms with Crippen LogP contribution in [0.2, 0.25) is 0 Å². The van der Waals surface area contributed by atoms with E-state index >= 15 is 0 Å². The van der Waals surface area contributed by atoms with Crippen molar-refractivity contribution in [3.05, 3.63) is 30.5 Å². The van der Waals surface area contributed by atoms with E-state index in [0.717, 1.165) is 22.9 Å². The van der Waals surface area contributed by atoms with Gasteiger partial charge in [0.25, 0.3) is 0 Å². The molecule has 1 aromatic heterocycles. The highest BCUT2D eigenvalue weighted by atomic mass is 16.5. The predicted molar refractivity (Wildman–Crippen MR) is 74.1 cm³/mol. The summed E-state index contributed by atoms with van der Waals surface area (Å²) in [5.74, 6) is 2.72. The molecule has 2 aromatic rings. The molecule has 0 radical (unpaired) electrons. The molecule has 3 heteroatoms. The van der Waals surface area contributed by atoms with Crippen molar-refractivity contribution in [1.29, 1.82) is 0 Å². The van der Waals surface area contributed by atoms with Gasteiger partial charge in [0, 0.05) is 17.6 Å². The first-order valence-corrected chi connectivity index (χ1v) is 6.45. The molecule has 0 saturated heterocycles. The molecule has 1 aliphatic rings. The van der Waals surface area contributed by atoms with Crippen LogP contribution in [0.4, 0.5) is 5.82 Å². The fraction of sp³-hybridized carbons (Fsp3) is 0.400. The first-order valence-electron chi connectivity index (χ1n) is 6.45. The molecule has 1 aliphatic carbocycles. The number of methoxy groups -OCH3 is 1. The Labute approximate surface area is 107 Å². The van der Waals surface area contributed by atoms with Gasteiger partial charge in [0.05, 0.1) is 7.11 Å². The van der Waals surface area contributed by atoms with E-state index in [1.807, 2.05) is 24.4 Å². The molecule has 1 aromatic carbocycles. The van der Waals surface area contributed by atoms with Crippen molar-refractivity contribution < 1.29 is 4.74 Å². The molecule has 18 heavy (non-hydrogen) atoms. The topological polar surface area (TPSA) is 34.1 Å². The molecule has 94 valence electrons. The van der Waals surface area contributed by atoms with E-state index in [1.54, 1.807) is 7.11 Å². The molecule has 1 N–H and O–H groups in total. The number of nitrogens with one attached hydrogen (secondary N) is 1. The molecule has 1 fully saturated rings. The predicted octanol–water partition coefficient (Wildman–Crippen LogP) is 3.45. The van der Waals surface area contributed by atoms with Crippen molar-refractivity contribution >= 4 is 16.6 Å². The van der Waals surface area contributed by atoms with Gasteiger partial charge in [-0.25, -0.2) is 4.98 Å². The van der Waals surface area contributed by atoms with Gasteiger partial charge < -0.3 is 10.1 Å². The van der Waals surface area contributed by atoms with Crippen LogP contribution in [0.25, 0.3) is 10.8 Å². The van der Waals surface area contributed by atoms with Gasteiger partial charge in [-0.2, -0.15) is 0 Å². The van der Waals surface area contributed by atoms with E-state index in [0.29, 0.717) is 6.04 Å². The summed E-state index contributed by atoms with van der Waals surface area (Å²) in [6, 6.07) is 8.71. The molecule has 1 heterocycles. The Balaban J connectivity index is 1.91. The molecular weight excluding hydrogens is 224 g/mol. The maximum atomic E-state index is 5.25. The molecule has 0 bridgehead atoms. The molecule has 0 amide bonds. The Morgan fingerprint density at radius 2 is 2.11 bits per heavy atom. The van der Waals surface area contributed by atoms with E-state index in [4.69, 9.17) is 4.74 Å². The van der Waals surface area contributed by atoms with E-state index in [1.165, 1.54) is 18.2 Å². The average Bonchev–Trinajstić information content (AvgIpc) is 2.36. The molecule has 0 unspecified atom stereocenters. The third-order valence-electron chi connectivity index (χ3n) is 3.69. The van der Waals surface area contributed by atoms with Crippen LogP contribution < -0.4 is 10.1 Å². The number of fused-ring (bicyclic) bond motifs is 1. The van der Waals surface area contributed by atoms with E-state index in [-0.39, 0.29) is 0 Å². The first-order chi connectivity index (χ1) is 8.76. The van der Waals surface area contributed by atoms with Crippen LogP contribution in [0.1, 0.15) is 19.8 Å². The summed E-state index contributed by atoms with van der Waals surface area (Å²) in [6.45, 7) is 2.29. The van der Waals surface area contributed by atoms with Crippen molar-refractivity contribution in [2.24, 2.45) is 5.92 Å². The van der Waals surface area contributed by atoms with Gasteiger partial charge in [-0.1, -0.05) is 6.92 Å². The van der Waals surface area contributed by atoms with Gasteiger partial charge in [-0.05, 0) is 48.4 Å². The Bertz CT molecular complexity index is 561. The van der Waals surface area contributed by atoms with Crippen LogP contribution in [-0.2, 0) is 0 Å². The summed E-state index contributed by atoms with van der Waals surface area (Å²) in [5.41, 5.74) is 0. The van der Waals surface area contributed by atoms with Crippen molar-refractivity contribution in [2.45, 2.75) is 25.8 Å². The monoisotopic (exact) mass is 242 g/mol. The van der Waals surface area contributed by atoms with Crippen LogP contribution in [0.5, 0.6) is 5.75 Å². The maximum Gasteiger partial charge on any atom is 0.134 e. The standard InChI is InChI=1S/C15H18N2O/c1-10-7-12(8-10)17-15-14-4-3-13(18-2)9-11(14)5-6-16-15/h3-6,9-10,12H,7-8H2,1-2H3,(H,16,17). The Morgan fingerprint density at radius 1 is 1.28 bits per heavy atom. The maximum absolute atomic E-state index is 5.25. The highest BCUT2D eigenvalue weighted by Gasteiger charge is 2.25. The van der Waals surface area contributed by atoms with Gasteiger partial charge in [0.15, 0.2) is 0 Å². The lowest BCUT2D eigenvalue weighted by Gasteiger charge is -2.33. The van der Waals surface area contributed by atoms with Crippen molar-refractivity contribution in [2.75, 3.05) is 12.4 Å². The largest absolute Gasteiger partial charge is 0.497 e. The quantitative estimate of drug-likeness (QED) is 0.895. The average molecular weight is 242 g/mol. The number of hydrogen-bond acceptors (Lipinski definition) is 3. The fourth-order valence-electron chi connectivity index (χ4n) is 2.61. The number of anilines is 1. The number of benzene rings is 1. The summed E-state index contributed by atoms with van der Waals surface area (Å²) in [5, 5.41) is 5.87. The zero-order chi connectivity index (χ0) is 12.5. The summed E-state index contributed by atoms with van der Waals surface area (Å²) >= 11 is 0. The van der Waals surface area contributed by atoms with E-state index < -0.39 is 0 Å². The van der Waals surface area contributed by atoms with Gasteiger partial charge in [-0.15, -0.1) is 0 Å². The smallest absolute Gasteiger partial charge is 0.134 e. The minimum atomic E-state index is 0.584. The zero-order valence-corrected chi connectivity index (χ0v) is 10.8. The summed E-state index contributed by atoms with van der Waals surface area (Å²) in [7, 11) is 1.69. The lowest BCUT2D eigenvalue weighted by molar-refractivity contribution is 0.309. The van der Waals surface area contributed by atoms with Crippen LogP contribution in [0.3, 0.4) is 0 Å². The second kappa shape index (κ2) is 4.48. The number of rotatable bonds is 3. The number of aromatic nitrogens is 1. The number of ether oxygens (including phenoxy) is 1. The van der Waals surface area contributed by atoms with Gasteiger partial charge in [-0.3, -0.25) is 0 Å². The Hall–Kier alpha value is -1.77. The molecule has 0 aliphatic heterocycles. The highest BCUT2D eigenvalue weighted by Crippen LogP contribution is 2.31. The number of pyridine rings is 1. The summed E-state index contributed by atoms with van der Waals surface area (Å²) in [4.78, 5) is 4.46. The van der Waals surface area contributed by atoms with Crippen LogP contribution in [0, 0.1) is 5.92 Å². The van der Waals surface area contributed by atoms with Crippen LogP contribution in [0.15, 0.2) is 30.5 Å². The van der Waals surface area contributed by atoms with Gasteiger partial charge >= 0.3 is 0 Å². The van der Waals surface area contributed by atoms with Gasteiger partial charge in [0.1, 0.15) is 11.6 Å². The molecule has 3 nitrogen and oxygen atoms in total. The first kappa shape index (κ1) is 11.3. The van der Waals surface area contributed by atoms with Crippen molar-refractivity contribution in [1.82, 2.24) is 4.98 Å². The van der Waals surface area contributed by atoms with Gasteiger partial charge in [0.2, 0.25) is 0 Å². The SMILES string of the molecule is COc1ccc2c(NC3CC(C)C3)nccc2c1. The second-order valence-corrected chi connectivity index (χ2v) is 5.16. The summed E-state index contributed by atoms with van der Waals surface area (Å²) < 4.78 is 5.25. The fourth-order valence-corrected chi connectivity index (χ4v) is 2.61. The van der Waals surface area contributed by atoms with E-state index in [2.05, 4.69) is 23.3 Å². The highest BCUT2D eigenvalue weighted by molar-refractivity contribution is 5.92.